The molecule has 1 atom stereocenters. The molecule has 0 bridgehead atoms. The zero-order valence-electron chi connectivity index (χ0n) is 13.2. The number of hydrogen-bond acceptors (Lipinski definition) is 3. The van der Waals surface area contributed by atoms with E-state index in [1.807, 2.05) is 30.3 Å². The summed E-state index contributed by atoms with van der Waals surface area (Å²) in [5.41, 5.74) is 0.886. The van der Waals surface area contributed by atoms with Crippen LogP contribution in [0, 0.1) is 5.41 Å². The predicted octanol–water partition coefficient (Wildman–Crippen LogP) is 4.58. The van der Waals surface area contributed by atoms with Gasteiger partial charge in [-0.2, -0.15) is 0 Å². The van der Waals surface area contributed by atoms with Gasteiger partial charge in [0, 0.05) is 11.0 Å². The molecule has 110 valence electrons. The predicted molar refractivity (Wildman–Crippen MR) is 83.2 cm³/mol. The molecular formula is C16H24O3Si. The van der Waals surface area contributed by atoms with Crippen molar-refractivity contribution in [2.45, 2.75) is 46.7 Å². The maximum absolute atomic E-state index is 6.06. The largest absolute Gasteiger partial charge is 0.517 e. The molecule has 1 aromatic carbocycles. The van der Waals surface area contributed by atoms with E-state index in [0.717, 1.165) is 5.56 Å². The van der Waals surface area contributed by atoms with Crippen molar-refractivity contribution in [3.8, 4) is 0 Å². The fourth-order valence-electron chi connectivity index (χ4n) is 1.81. The van der Waals surface area contributed by atoms with Gasteiger partial charge in [-0.25, -0.2) is 0 Å². The van der Waals surface area contributed by atoms with Crippen molar-refractivity contribution in [3.63, 3.8) is 0 Å². The molecule has 1 aliphatic heterocycles. The summed E-state index contributed by atoms with van der Waals surface area (Å²) >= 11 is 0. The first-order valence-electron chi connectivity index (χ1n) is 6.99. The number of rotatable bonds is 3. The molecule has 1 aromatic rings. The van der Waals surface area contributed by atoms with E-state index >= 15 is 0 Å². The van der Waals surface area contributed by atoms with Crippen LogP contribution >= 0.6 is 0 Å². The fourth-order valence-corrected chi connectivity index (χ4v) is 2.50. The summed E-state index contributed by atoms with van der Waals surface area (Å²) in [6, 6.07) is 9.99. The van der Waals surface area contributed by atoms with Gasteiger partial charge in [-0.05, 0) is 19.6 Å². The summed E-state index contributed by atoms with van der Waals surface area (Å²) in [4.78, 5) is 0. The lowest BCUT2D eigenvalue weighted by atomic mass is 9.96. The van der Waals surface area contributed by atoms with Crippen LogP contribution in [0.3, 0.4) is 0 Å². The van der Waals surface area contributed by atoms with Gasteiger partial charge < -0.3 is 13.9 Å². The SMILES string of the molecule is CC(C)(C)C1OC(O[Si](C)(C)C)=C(c2ccccc2)O1. The molecule has 0 spiro atoms. The van der Waals surface area contributed by atoms with Crippen LogP contribution in [0.1, 0.15) is 26.3 Å². The molecule has 0 N–H and O–H groups in total. The second-order valence-electron chi connectivity index (χ2n) is 7.13. The number of benzene rings is 1. The molecule has 20 heavy (non-hydrogen) atoms. The van der Waals surface area contributed by atoms with E-state index in [-0.39, 0.29) is 11.7 Å². The molecule has 0 fully saturated rings. The molecule has 2 rings (SSSR count). The highest BCUT2D eigenvalue weighted by Gasteiger charge is 2.39. The van der Waals surface area contributed by atoms with Crippen LogP contribution in [0.2, 0.25) is 19.6 Å². The Hall–Kier alpha value is -1.42. The minimum absolute atomic E-state index is 0.107. The maximum Gasteiger partial charge on any atom is 0.313 e. The zero-order valence-corrected chi connectivity index (χ0v) is 14.2. The van der Waals surface area contributed by atoms with Crippen LogP contribution in [0.15, 0.2) is 36.3 Å². The summed E-state index contributed by atoms with van der Waals surface area (Å²) in [5, 5.41) is 0. The van der Waals surface area contributed by atoms with Crippen molar-refractivity contribution in [1.82, 2.24) is 0 Å². The lowest BCUT2D eigenvalue weighted by Crippen LogP contribution is -2.29. The Balaban J connectivity index is 2.33. The van der Waals surface area contributed by atoms with Crippen LogP contribution in [-0.2, 0) is 13.9 Å². The average Bonchev–Trinajstić information content (AvgIpc) is 2.71. The first kappa shape index (κ1) is 15.0. The van der Waals surface area contributed by atoms with E-state index in [1.165, 1.54) is 0 Å². The van der Waals surface area contributed by atoms with Crippen LogP contribution in [0.5, 0.6) is 0 Å². The Morgan fingerprint density at radius 1 is 1.00 bits per heavy atom. The molecule has 0 amide bonds. The van der Waals surface area contributed by atoms with Gasteiger partial charge in [-0.15, -0.1) is 0 Å². The molecular weight excluding hydrogens is 268 g/mol. The molecule has 3 nitrogen and oxygen atoms in total. The third-order valence-electron chi connectivity index (χ3n) is 2.77. The van der Waals surface area contributed by atoms with Crippen molar-refractivity contribution in [2.75, 3.05) is 0 Å². The highest BCUT2D eigenvalue weighted by Crippen LogP contribution is 2.39. The summed E-state index contributed by atoms with van der Waals surface area (Å²) in [6.07, 6.45) is -0.316. The van der Waals surface area contributed by atoms with Gasteiger partial charge in [0.15, 0.2) is 0 Å². The van der Waals surface area contributed by atoms with Crippen molar-refractivity contribution in [2.24, 2.45) is 5.41 Å². The summed E-state index contributed by atoms with van der Waals surface area (Å²) in [7, 11) is -1.75. The summed E-state index contributed by atoms with van der Waals surface area (Å²) in [6.45, 7) is 12.7. The smallest absolute Gasteiger partial charge is 0.313 e. The van der Waals surface area contributed by atoms with Crippen LogP contribution in [0.25, 0.3) is 5.76 Å². The quantitative estimate of drug-likeness (QED) is 0.763. The molecule has 1 heterocycles. The van der Waals surface area contributed by atoms with E-state index in [2.05, 4.69) is 40.4 Å². The standard InChI is InChI=1S/C16H24O3Si/c1-16(2,3)15-17-13(12-10-8-7-9-11-12)14(18-15)19-20(4,5)6/h7-11,15H,1-6H3. The Kier molecular flexibility index (Phi) is 3.87. The van der Waals surface area contributed by atoms with Gasteiger partial charge in [0.05, 0.1) is 0 Å². The van der Waals surface area contributed by atoms with Gasteiger partial charge >= 0.3 is 5.95 Å². The summed E-state index contributed by atoms with van der Waals surface area (Å²) in [5.74, 6) is 1.25. The van der Waals surface area contributed by atoms with Crippen LogP contribution in [-0.4, -0.2) is 14.6 Å². The van der Waals surface area contributed by atoms with Gasteiger partial charge in [0.25, 0.3) is 0 Å². The maximum atomic E-state index is 6.06. The second-order valence-corrected chi connectivity index (χ2v) is 11.6. The lowest BCUT2D eigenvalue weighted by molar-refractivity contribution is -0.116. The molecule has 4 heteroatoms. The Labute approximate surface area is 122 Å². The van der Waals surface area contributed by atoms with Crippen molar-refractivity contribution < 1.29 is 13.9 Å². The van der Waals surface area contributed by atoms with Gasteiger partial charge in [0.2, 0.25) is 20.4 Å². The molecule has 0 saturated carbocycles. The third-order valence-corrected chi connectivity index (χ3v) is 3.56. The van der Waals surface area contributed by atoms with E-state index < -0.39 is 8.32 Å². The molecule has 1 aliphatic rings. The Bertz CT molecular complexity index is 495. The van der Waals surface area contributed by atoms with Crippen molar-refractivity contribution >= 4 is 14.1 Å². The second kappa shape index (κ2) is 5.17. The molecule has 0 aliphatic carbocycles. The van der Waals surface area contributed by atoms with Gasteiger partial charge in [-0.1, -0.05) is 51.1 Å². The first-order chi connectivity index (χ1) is 9.17. The summed E-state index contributed by atoms with van der Waals surface area (Å²) < 4.78 is 18.0. The minimum atomic E-state index is -1.75. The Morgan fingerprint density at radius 3 is 2.10 bits per heavy atom. The molecule has 0 saturated heterocycles. The van der Waals surface area contributed by atoms with Crippen molar-refractivity contribution in [3.05, 3.63) is 41.8 Å². The van der Waals surface area contributed by atoms with Gasteiger partial charge in [-0.3, -0.25) is 0 Å². The van der Waals surface area contributed by atoms with Gasteiger partial charge in [0.1, 0.15) is 0 Å². The number of hydrogen-bond donors (Lipinski definition) is 0. The highest BCUT2D eigenvalue weighted by molar-refractivity contribution is 6.70. The van der Waals surface area contributed by atoms with Crippen LogP contribution in [0.4, 0.5) is 0 Å². The lowest BCUT2D eigenvalue weighted by Gasteiger charge is -2.26. The number of ether oxygens (including phenoxy) is 2. The molecule has 1 unspecified atom stereocenters. The highest BCUT2D eigenvalue weighted by atomic mass is 28.4. The first-order valence-corrected chi connectivity index (χ1v) is 10.4. The van der Waals surface area contributed by atoms with E-state index in [0.29, 0.717) is 11.7 Å². The normalized spacial score (nSPS) is 19.6. The molecule has 0 aromatic heterocycles. The molecule has 0 radical (unpaired) electrons. The zero-order chi connectivity index (χ0) is 15.0. The van der Waals surface area contributed by atoms with E-state index in [9.17, 15) is 0 Å². The van der Waals surface area contributed by atoms with Crippen molar-refractivity contribution in [1.29, 1.82) is 0 Å². The van der Waals surface area contributed by atoms with E-state index in [4.69, 9.17) is 13.9 Å². The Morgan fingerprint density at radius 2 is 1.60 bits per heavy atom. The van der Waals surface area contributed by atoms with E-state index in [1.54, 1.807) is 0 Å². The topological polar surface area (TPSA) is 27.7 Å². The average molecular weight is 292 g/mol. The third kappa shape index (κ3) is 3.57. The fraction of sp³-hybridized carbons (Fsp3) is 0.500. The minimum Gasteiger partial charge on any atom is -0.517 e. The monoisotopic (exact) mass is 292 g/mol. The van der Waals surface area contributed by atoms with Crippen LogP contribution < -0.4 is 0 Å².